The Balaban J connectivity index is 1.85. The molecule has 4 aromatic rings. The van der Waals surface area contributed by atoms with Crippen molar-refractivity contribution in [1.29, 1.82) is 0 Å². The number of hydrogen-bond acceptors (Lipinski definition) is 7. The van der Waals surface area contributed by atoms with E-state index in [9.17, 15) is 4.79 Å². The highest BCUT2D eigenvalue weighted by Gasteiger charge is 2.34. The van der Waals surface area contributed by atoms with Crippen LogP contribution in [0.1, 0.15) is 17.2 Å². The van der Waals surface area contributed by atoms with Gasteiger partial charge in [0, 0.05) is 5.56 Å². The van der Waals surface area contributed by atoms with Crippen LogP contribution in [-0.4, -0.2) is 30.4 Å². The van der Waals surface area contributed by atoms with Crippen LogP contribution in [0.15, 0.2) is 57.9 Å². The molecule has 1 aliphatic heterocycles. The Morgan fingerprint density at radius 2 is 2.00 bits per heavy atom. The van der Waals surface area contributed by atoms with Gasteiger partial charge in [0.25, 0.3) is 5.56 Å². The fourth-order valence-electron chi connectivity index (χ4n) is 3.08. The first-order chi connectivity index (χ1) is 12.3. The van der Waals surface area contributed by atoms with Gasteiger partial charge in [-0.2, -0.15) is 9.78 Å². The van der Waals surface area contributed by atoms with E-state index < -0.39 is 6.04 Å². The van der Waals surface area contributed by atoms with Crippen LogP contribution in [0, 0.1) is 0 Å². The summed E-state index contributed by atoms with van der Waals surface area (Å²) in [4.78, 5) is 12.4. The van der Waals surface area contributed by atoms with Crippen molar-refractivity contribution in [2.24, 2.45) is 0 Å². The highest BCUT2D eigenvalue weighted by atomic mass is 16.3. The first-order valence-electron chi connectivity index (χ1n) is 7.59. The second-order valence-corrected chi connectivity index (χ2v) is 5.55. The number of fused-ring (bicyclic) bond motifs is 2. The minimum Gasteiger partial charge on any atom is -0.463 e. The zero-order valence-corrected chi connectivity index (χ0v) is 12.7. The molecule has 0 amide bonds. The molecule has 4 heterocycles. The van der Waals surface area contributed by atoms with E-state index >= 15 is 0 Å². The molecule has 25 heavy (non-hydrogen) atoms. The van der Waals surface area contributed by atoms with Crippen LogP contribution < -0.4 is 10.9 Å². The molecule has 3 aromatic heterocycles. The maximum absolute atomic E-state index is 12.4. The molecule has 0 bridgehead atoms. The smallest absolute Gasteiger partial charge is 0.288 e. The lowest BCUT2D eigenvalue weighted by Gasteiger charge is -2.27. The first kappa shape index (κ1) is 13.7. The Morgan fingerprint density at radius 3 is 2.80 bits per heavy atom. The summed E-state index contributed by atoms with van der Waals surface area (Å²) in [6.45, 7) is 0. The van der Waals surface area contributed by atoms with Crippen LogP contribution in [0.3, 0.4) is 0 Å². The van der Waals surface area contributed by atoms with E-state index in [1.54, 1.807) is 23.1 Å². The fourth-order valence-corrected chi connectivity index (χ4v) is 3.08. The minimum atomic E-state index is -0.405. The summed E-state index contributed by atoms with van der Waals surface area (Å²) in [5.41, 5.74) is 2.13. The monoisotopic (exact) mass is 333 g/mol. The molecule has 5 rings (SSSR count). The second-order valence-electron chi connectivity index (χ2n) is 5.55. The Labute approximate surface area is 140 Å². The number of aromatic amines is 1. The summed E-state index contributed by atoms with van der Waals surface area (Å²) in [6, 6.07) is 12.8. The SMILES string of the molecule is O=c1[nH]nc(-c2ccco2)c2c1Nc1nnnn1[C@H]2c1ccccc1. The van der Waals surface area contributed by atoms with Crippen molar-refractivity contribution in [3.05, 3.63) is 70.2 Å². The van der Waals surface area contributed by atoms with Gasteiger partial charge in [-0.1, -0.05) is 35.4 Å². The topological polar surface area (TPSA) is 115 Å². The molecule has 2 N–H and O–H groups in total. The van der Waals surface area contributed by atoms with Crippen molar-refractivity contribution in [3.8, 4) is 11.5 Å². The van der Waals surface area contributed by atoms with Crippen LogP contribution in [0.25, 0.3) is 11.5 Å². The number of tetrazole rings is 1. The van der Waals surface area contributed by atoms with E-state index in [2.05, 4.69) is 31.0 Å². The Kier molecular flexibility index (Phi) is 2.80. The molecular weight excluding hydrogens is 322 g/mol. The van der Waals surface area contributed by atoms with E-state index in [4.69, 9.17) is 4.42 Å². The largest absolute Gasteiger partial charge is 0.463 e. The molecule has 1 aromatic carbocycles. The van der Waals surface area contributed by atoms with Crippen LogP contribution in [0.5, 0.6) is 0 Å². The summed E-state index contributed by atoms with van der Waals surface area (Å²) in [5.74, 6) is 0.940. The highest BCUT2D eigenvalue weighted by Crippen LogP contribution is 2.40. The Bertz CT molecular complexity index is 1100. The molecule has 0 fully saturated rings. The molecular formula is C16H11N7O2. The average molecular weight is 333 g/mol. The van der Waals surface area contributed by atoms with Gasteiger partial charge < -0.3 is 9.73 Å². The zero-order valence-electron chi connectivity index (χ0n) is 12.7. The zero-order chi connectivity index (χ0) is 16.8. The third-order valence-corrected chi connectivity index (χ3v) is 4.14. The van der Waals surface area contributed by atoms with Gasteiger partial charge in [0.15, 0.2) is 5.76 Å². The predicted molar refractivity (Wildman–Crippen MR) is 87.3 cm³/mol. The Morgan fingerprint density at radius 1 is 1.12 bits per heavy atom. The number of nitrogens with one attached hydrogen (secondary N) is 2. The number of nitrogens with zero attached hydrogens (tertiary/aromatic N) is 5. The number of aromatic nitrogens is 6. The summed E-state index contributed by atoms with van der Waals surface area (Å²) in [6.07, 6.45) is 1.56. The molecule has 1 atom stereocenters. The molecule has 0 spiro atoms. The normalized spacial score (nSPS) is 15.3. The van der Waals surface area contributed by atoms with Crippen molar-refractivity contribution >= 4 is 11.6 Å². The van der Waals surface area contributed by atoms with E-state index in [0.29, 0.717) is 28.7 Å². The van der Waals surface area contributed by atoms with E-state index in [1.807, 2.05) is 30.3 Å². The highest BCUT2D eigenvalue weighted by molar-refractivity contribution is 5.73. The number of anilines is 2. The number of H-pyrrole nitrogens is 1. The molecule has 122 valence electrons. The second kappa shape index (κ2) is 5.13. The summed E-state index contributed by atoms with van der Waals surface area (Å²) in [7, 11) is 0. The molecule has 0 aliphatic carbocycles. The van der Waals surface area contributed by atoms with Gasteiger partial charge in [-0.3, -0.25) is 4.79 Å². The van der Waals surface area contributed by atoms with Gasteiger partial charge in [0.1, 0.15) is 17.4 Å². The molecule has 0 radical (unpaired) electrons. The maximum Gasteiger partial charge on any atom is 0.288 e. The lowest BCUT2D eigenvalue weighted by atomic mass is 9.94. The lowest BCUT2D eigenvalue weighted by molar-refractivity contribution is 0.554. The van der Waals surface area contributed by atoms with Gasteiger partial charge in [0.05, 0.1) is 6.26 Å². The van der Waals surface area contributed by atoms with Crippen molar-refractivity contribution < 1.29 is 4.42 Å². The average Bonchev–Trinajstić information content (AvgIpc) is 3.33. The summed E-state index contributed by atoms with van der Waals surface area (Å²) < 4.78 is 7.14. The molecule has 1 aliphatic rings. The van der Waals surface area contributed by atoms with Gasteiger partial charge in [-0.15, -0.1) is 0 Å². The molecule has 9 nitrogen and oxygen atoms in total. The van der Waals surface area contributed by atoms with Crippen LogP contribution in [-0.2, 0) is 0 Å². The summed E-state index contributed by atoms with van der Waals surface area (Å²) in [5, 5.41) is 21.5. The number of furan rings is 1. The summed E-state index contributed by atoms with van der Waals surface area (Å²) >= 11 is 0. The van der Waals surface area contributed by atoms with E-state index in [1.165, 1.54) is 0 Å². The van der Waals surface area contributed by atoms with E-state index in [-0.39, 0.29) is 5.56 Å². The van der Waals surface area contributed by atoms with Gasteiger partial charge >= 0.3 is 0 Å². The van der Waals surface area contributed by atoms with Crippen LogP contribution >= 0.6 is 0 Å². The van der Waals surface area contributed by atoms with Crippen molar-refractivity contribution in [2.75, 3.05) is 5.32 Å². The minimum absolute atomic E-state index is 0.347. The molecule has 0 unspecified atom stereocenters. The molecule has 0 saturated heterocycles. The quantitative estimate of drug-likeness (QED) is 0.505. The predicted octanol–water partition coefficient (Wildman–Crippen LogP) is 1.71. The Hall–Kier alpha value is -3.75. The fraction of sp³-hybridized carbons (Fsp3) is 0.0625. The van der Waals surface area contributed by atoms with Gasteiger partial charge in [-0.25, -0.2) is 5.10 Å². The van der Waals surface area contributed by atoms with Crippen LogP contribution in [0.4, 0.5) is 11.6 Å². The van der Waals surface area contributed by atoms with Crippen molar-refractivity contribution in [1.82, 2.24) is 30.4 Å². The molecule has 9 heteroatoms. The van der Waals surface area contributed by atoms with Gasteiger partial charge in [0.2, 0.25) is 5.95 Å². The standard InChI is InChI=1S/C16H11N7O2/c24-15-13-11(12(18-19-15)10-7-4-8-25-10)14(9-5-2-1-3-6-9)23-16(17-13)20-21-22-23/h1-8,14H,(H,19,24)(H,17,20,22)/t14-/m0/s1. The van der Waals surface area contributed by atoms with E-state index in [0.717, 1.165) is 5.56 Å². The maximum atomic E-state index is 12.4. The van der Waals surface area contributed by atoms with Crippen LogP contribution in [0.2, 0.25) is 0 Å². The number of rotatable bonds is 2. The van der Waals surface area contributed by atoms with Crippen molar-refractivity contribution in [3.63, 3.8) is 0 Å². The lowest BCUT2D eigenvalue weighted by Crippen LogP contribution is -2.29. The number of hydrogen-bond donors (Lipinski definition) is 2. The van der Waals surface area contributed by atoms with Gasteiger partial charge in [-0.05, 0) is 28.1 Å². The molecule has 0 saturated carbocycles. The third-order valence-electron chi connectivity index (χ3n) is 4.14. The van der Waals surface area contributed by atoms with Crippen molar-refractivity contribution in [2.45, 2.75) is 6.04 Å². The first-order valence-corrected chi connectivity index (χ1v) is 7.59. The third kappa shape index (κ3) is 1.99. The number of benzene rings is 1.